The number of alkyl halides is 2. The average Bonchev–Trinajstić information content (AvgIpc) is 2.81. The highest BCUT2D eigenvalue weighted by molar-refractivity contribution is 14.1. The van der Waals surface area contributed by atoms with Crippen molar-refractivity contribution < 1.29 is 22.0 Å². The molecule has 5 nitrogen and oxygen atoms in total. The van der Waals surface area contributed by atoms with Crippen molar-refractivity contribution in [3.63, 3.8) is 0 Å². The van der Waals surface area contributed by atoms with Gasteiger partial charge in [-0.15, -0.1) is 0 Å². The molecule has 0 saturated heterocycles. The molecule has 1 aliphatic rings. The first-order chi connectivity index (χ1) is 10.1. The lowest BCUT2D eigenvalue weighted by atomic mass is 10.1. The molecular weight excluding hydrogens is 429 g/mol. The molecule has 0 saturated carbocycles. The van der Waals surface area contributed by atoms with Gasteiger partial charge in [0.15, 0.2) is 5.04 Å². The van der Waals surface area contributed by atoms with E-state index in [9.17, 15) is 17.2 Å². The summed E-state index contributed by atoms with van der Waals surface area (Å²) in [7, 11) is -5.01. The zero-order valence-corrected chi connectivity index (χ0v) is 14.7. The highest BCUT2D eigenvalue weighted by atomic mass is 127. The van der Waals surface area contributed by atoms with E-state index >= 15 is 0 Å². The molecule has 1 aromatic rings. The Morgan fingerprint density at radius 2 is 1.95 bits per heavy atom. The molecule has 22 heavy (non-hydrogen) atoms. The molecule has 2 rings (SSSR count). The lowest BCUT2D eigenvalue weighted by molar-refractivity contribution is 0.0123. The largest absolute Gasteiger partial charge is 0.393 e. The standard InChI is InChI=1S/C13H13F2IN2O3S/c1-12(2)8-10(18-21-12)22(19,20)13(14,15)11(17-16)9-6-4-3-5-7-9/h3-7H,8H2,1-2H3/b17-11+. The second-order valence-corrected chi connectivity index (χ2v) is 7.81. The summed E-state index contributed by atoms with van der Waals surface area (Å²) in [4.78, 5) is 4.89. The number of rotatable bonds is 3. The van der Waals surface area contributed by atoms with E-state index in [4.69, 9.17) is 4.84 Å². The van der Waals surface area contributed by atoms with Crippen molar-refractivity contribution >= 4 is 43.5 Å². The predicted octanol–water partition coefficient (Wildman–Crippen LogP) is 3.35. The third kappa shape index (κ3) is 3.00. The van der Waals surface area contributed by atoms with Crippen LogP contribution in [0.3, 0.4) is 0 Å². The molecule has 0 aliphatic carbocycles. The molecule has 1 aromatic carbocycles. The number of sulfone groups is 1. The fourth-order valence-corrected chi connectivity index (χ4v) is 4.02. The van der Waals surface area contributed by atoms with Crippen LogP contribution in [0.5, 0.6) is 0 Å². The van der Waals surface area contributed by atoms with Crippen molar-refractivity contribution in [3.8, 4) is 0 Å². The summed E-state index contributed by atoms with van der Waals surface area (Å²) in [6, 6.07) is 7.44. The number of halogens is 3. The minimum absolute atomic E-state index is 0.0317. The fourth-order valence-electron chi connectivity index (χ4n) is 1.88. The van der Waals surface area contributed by atoms with Crippen LogP contribution in [0.2, 0.25) is 0 Å². The predicted molar refractivity (Wildman–Crippen MR) is 88.1 cm³/mol. The van der Waals surface area contributed by atoms with E-state index in [0.29, 0.717) is 0 Å². The smallest absolute Gasteiger partial charge is 0.389 e. The molecule has 0 N–H and O–H groups in total. The van der Waals surface area contributed by atoms with Gasteiger partial charge in [0.05, 0.1) is 22.9 Å². The lowest BCUT2D eigenvalue weighted by Crippen LogP contribution is -2.42. The van der Waals surface area contributed by atoms with E-state index in [1.165, 1.54) is 47.1 Å². The SMILES string of the molecule is CC1(C)CC(S(=O)(=O)C(F)(F)/C(=N/I)c2ccccc2)=NO1. The van der Waals surface area contributed by atoms with Crippen LogP contribution < -0.4 is 0 Å². The first kappa shape index (κ1) is 17.3. The van der Waals surface area contributed by atoms with Crippen LogP contribution in [0.4, 0.5) is 8.78 Å². The highest BCUT2D eigenvalue weighted by Crippen LogP contribution is 2.35. The van der Waals surface area contributed by atoms with Crippen LogP contribution in [0, 0.1) is 0 Å². The molecule has 0 bridgehead atoms. The van der Waals surface area contributed by atoms with Gasteiger partial charge in [-0.1, -0.05) is 35.5 Å². The molecule has 0 amide bonds. The van der Waals surface area contributed by atoms with Crippen molar-refractivity contribution in [3.05, 3.63) is 35.9 Å². The molecule has 0 aromatic heterocycles. The van der Waals surface area contributed by atoms with Crippen LogP contribution in [-0.2, 0) is 14.7 Å². The van der Waals surface area contributed by atoms with Gasteiger partial charge < -0.3 is 4.84 Å². The van der Waals surface area contributed by atoms with Crippen molar-refractivity contribution in [1.82, 2.24) is 0 Å². The Hall–Kier alpha value is -1.10. The Balaban J connectivity index is 2.45. The van der Waals surface area contributed by atoms with Gasteiger partial charge in [0.25, 0.3) is 9.84 Å². The number of hydrogen-bond donors (Lipinski definition) is 0. The molecule has 1 aliphatic heterocycles. The van der Waals surface area contributed by atoms with Gasteiger partial charge >= 0.3 is 5.25 Å². The van der Waals surface area contributed by atoms with Gasteiger partial charge in [0, 0.05) is 12.0 Å². The molecule has 120 valence electrons. The maximum Gasteiger partial charge on any atom is 0.393 e. The van der Waals surface area contributed by atoms with E-state index in [1.807, 2.05) is 0 Å². The van der Waals surface area contributed by atoms with E-state index in [1.54, 1.807) is 19.9 Å². The third-order valence-corrected chi connectivity index (χ3v) is 5.22. The van der Waals surface area contributed by atoms with Gasteiger partial charge in [-0.3, -0.25) is 0 Å². The number of benzene rings is 1. The van der Waals surface area contributed by atoms with E-state index < -0.39 is 31.4 Å². The third-order valence-electron chi connectivity index (χ3n) is 3.03. The van der Waals surface area contributed by atoms with Crippen LogP contribution in [0.15, 0.2) is 38.7 Å². The first-order valence-electron chi connectivity index (χ1n) is 6.24. The maximum absolute atomic E-state index is 14.6. The Morgan fingerprint density at radius 3 is 2.41 bits per heavy atom. The van der Waals surface area contributed by atoms with Gasteiger partial charge in [0.2, 0.25) is 0 Å². The molecule has 0 radical (unpaired) electrons. The van der Waals surface area contributed by atoms with E-state index in [0.717, 1.165) is 0 Å². The molecule has 0 atom stereocenters. The number of oxime groups is 1. The molecule has 0 fully saturated rings. The topological polar surface area (TPSA) is 68.1 Å². The minimum atomic E-state index is -5.01. The summed E-state index contributed by atoms with van der Waals surface area (Å²) in [5.74, 6) is 0. The second kappa shape index (κ2) is 5.84. The summed E-state index contributed by atoms with van der Waals surface area (Å²) in [6.07, 6.45) is -0.214. The molecule has 0 unspecified atom stereocenters. The molecule has 0 spiro atoms. The first-order valence-corrected chi connectivity index (χ1v) is 8.69. The Morgan fingerprint density at radius 1 is 1.36 bits per heavy atom. The van der Waals surface area contributed by atoms with Crippen molar-refractivity contribution in [2.45, 2.75) is 31.1 Å². The lowest BCUT2D eigenvalue weighted by Gasteiger charge is -2.19. The summed E-state index contributed by atoms with van der Waals surface area (Å²) in [5, 5.41) is -1.54. The minimum Gasteiger partial charge on any atom is -0.389 e. The normalized spacial score (nSPS) is 18.8. The van der Waals surface area contributed by atoms with Gasteiger partial charge in [-0.05, 0) is 13.8 Å². The van der Waals surface area contributed by atoms with E-state index in [-0.39, 0.29) is 12.0 Å². The monoisotopic (exact) mass is 442 g/mol. The number of hydrogen-bond acceptors (Lipinski definition) is 5. The zero-order valence-electron chi connectivity index (χ0n) is 11.8. The number of nitrogens with zero attached hydrogens (tertiary/aromatic N) is 2. The van der Waals surface area contributed by atoms with Crippen LogP contribution in [0.1, 0.15) is 25.8 Å². The van der Waals surface area contributed by atoms with Crippen molar-refractivity contribution in [1.29, 1.82) is 0 Å². The summed E-state index contributed by atoms with van der Waals surface area (Å²) in [6.45, 7) is 3.14. The zero-order chi connectivity index (χ0) is 16.6. The summed E-state index contributed by atoms with van der Waals surface area (Å²) in [5.41, 5.74) is -1.72. The average molecular weight is 442 g/mol. The Labute approximate surface area is 140 Å². The Kier molecular flexibility index (Phi) is 4.58. The van der Waals surface area contributed by atoms with Crippen molar-refractivity contribution in [2.24, 2.45) is 8.36 Å². The quantitative estimate of drug-likeness (QED) is 0.533. The van der Waals surface area contributed by atoms with Crippen LogP contribution in [0.25, 0.3) is 0 Å². The molecule has 1 heterocycles. The summed E-state index contributed by atoms with van der Waals surface area (Å²) < 4.78 is 57.2. The second-order valence-electron chi connectivity index (χ2n) is 5.33. The van der Waals surface area contributed by atoms with Gasteiger partial charge in [-0.25, -0.2) is 11.6 Å². The molecular formula is C13H13F2IN2O3S. The van der Waals surface area contributed by atoms with Crippen molar-refractivity contribution in [2.75, 3.05) is 0 Å². The summed E-state index contributed by atoms with van der Waals surface area (Å²) >= 11 is 1.36. The molecule has 9 heteroatoms. The van der Waals surface area contributed by atoms with Gasteiger partial charge in [-0.2, -0.15) is 8.78 Å². The Bertz CT molecular complexity index is 731. The highest BCUT2D eigenvalue weighted by Gasteiger charge is 2.55. The van der Waals surface area contributed by atoms with Crippen LogP contribution >= 0.6 is 22.9 Å². The maximum atomic E-state index is 14.6. The van der Waals surface area contributed by atoms with E-state index in [2.05, 4.69) is 8.36 Å². The van der Waals surface area contributed by atoms with Gasteiger partial charge in [0.1, 0.15) is 11.3 Å². The van der Waals surface area contributed by atoms with Crippen LogP contribution in [-0.4, -0.2) is 30.0 Å². The fraction of sp³-hybridized carbons (Fsp3) is 0.385.